The lowest BCUT2D eigenvalue weighted by molar-refractivity contribution is 0.731. The smallest absolute Gasteiger partial charge is 0.0377 e. The molecule has 0 spiro atoms. The third-order valence-corrected chi connectivity index (χ3v) is 3.67. The molecular formula is C14H23BrN2. The first-order valence-corrected chi connectivity index (χ1v) is 7.20. The van der Waals surface area contributed by atoms with Gasteiger partial charge in [0.1, 0.15) is 0 Å². The van der Waals surface area contributed by atoms with Crippen LogP contribution in [0, 0.1) is 0 Å². The molecule has 0 amide bonds. The van der Waals surface area contributed by atoms with Gasteiger partial charge in [-0.15, -0.1) is 0 Å². The van der Waals surface area contributed by atoms with E-state index in [1.807, 2.05) is 7.05 Å². The lowest BCUT2D eigenvalue weighted by Crippen LogP contribution is -2.23. The number of halogens is 1. The van der Waals surface area contributed by atoms with Gasteiger partial charge >= 0.3 is 0 Å². The SMILES string of the molecule is CCCCN(CC)c1ccc(CNC)c(Br)c1. The summed E-state index contributed by atoms with van der Waals surface area (Å²) in [6.07, 6.45) is 2.50. The first-order chi connectivity index (χ1) is 8.22. The molecule has 0 bridgehead atoms. The monoisotopic (exact) mass is 298 g/mol. The van der Waals surface area contributed by atoms with Gasteiger partial charge in [-0.1, -0.05) is 35.3 Å². The average Bonchev–Trinajstić information content (AvgIpc) is 2.33. The Morgan fingerprint density at radius 3 is 2.59 bits per heavy atom. The van der Waals surface area contributed by atoms with Crippen LogP contribution >= 0.6 is 15.9 Å². The van der Waals surface area contributed by atoms with E-state index < -0.39 is 0 Å². The Balaban J connectivity index is 2.79. The van der Waals surface area contributed by atoms with Crippen molar-refractivity contribution in [3.05, 3.63) is 28.2 Å². The molecule has 0 atom stereocenters. The second-order valence-corrected chi connectivity index (χ2v) is 5.09. The normalized spacial score (nSPS) is 10.6. The standard InChI is InChI=1S/C14H23BrN2/c1-4-6-9-17(5-2)13-8-7-12(11-16-3)14(15)10-13/h7-8,10,16H,4-6,9,11H2,1-3H3. The van der Waals surface area contributed by atoms with Crippen molar-refractivity contribution in [1.82, 2.24) is 5.32 Å². The van der Waals surface area contributed by atoms with Crippen LogP contribution in [0.25, 0.3) is 0 Å². The summed E-state index contributed by atoms with van der Waals surface area (Å²) in [6, 6.07) is 6.65. The van der Waals surface area contributed by atoms with Gasteiger partial charge < -0.3 is 10.2 Å². The molecule has 1 aromatic rings. The van der Waals surface area contributed by atoms with Crippen LogP contribution in [0.5, 0.6) is 0 Å². The topological polar surface area (TPSA) is 15.3 Å². The minimum absolute atomic E-state index is 0.905. The first-order valence-electron chi connectivity index (χ1n) is 6.40. The van der Waals surface area contributed by atoms with Crippen molar-refractivity contribution in [1.29, 1.82) is 0 Å². The van der Waals surface area contributed by atoms with Gasteiger partial charge in [-0.3, -0.25) is 0 Å². The number of hydrogen-bond donors (Lipinski definition) is 1. The van der Waals surface area contributed by atoms with E-state index in [2.05, 4.69) is 58.2 Å². The number of unbranched alkanes of at least 4 members (excludes halogenated alkanes) is 1. The minimum Gasteiger partial charge on any atom is -0.372 e. The summed E-state index contributed by atoms with van der Waals surface area (Å²) in [7, 11) is 1.97. The molecule has 0 unspecified atom stereocenters. The van der Waals surface area contributed by atoms with Crippen molar-refractivity contribution in [2.24, 2.45) is 0 Å². The molecule has 1 rings (SSSR count). The second-order valence-electron chi connectivity index (χ2n) is 4.24. The fraction of sp³-hybridized carbons (Fsp3) is 0.571. The van der Waals surface area contributed by atoms with E-state index in [0.717, 1.165) is 19.6 Å². The predicted molar refractivity (Wildman–Crippen MR) is 79.7 cm³/mol. The van der Waals surface area contributed by atoms with Crippen molar-refractivity contribution >= 4 is 21.6 Å². The van der Waals surface area contributed by atoms with Crippen molar-refractivity contribution in [3.63, 3.8) is 0 Å². The number of rotatable bonds is 7. The van der Waals surface area contributed by atoms with Crippen molar-refractivity contribution in [2.75, 3.05) is 25.0 Å². The largest absolute Gasteiger partial charge is 0.372 e. The maximum atomic E-state index is 3.65. The fourth-order valence-corrected chi connectivity index (χ4v) is 2.39. The molecule has 2 nitrogen and oxygen atoms in total. The van der Waals surface area contributed by atoms with Crippen LogP contribution < -0.4 is 10.2 Å². The quantitative estimate of drug-likeness (QED) is 0.824. The zero-order valence-electron chi connectivity index (χ0n) is 11.1. The Kier molecular flexibility index (Phi) is 6.60. The highest BCUT2D eigenvalue weighted by Crippen LogP contribution is 2.24. The summed E-state index contributed by atoms with van der Waals surface area (Å²) in [5.41, 5.74) is 2.62. The molecular weight excluding hydrogens is 276 g/mol. The number of nitrogens with one attached hydrogen (secondary N) is 1. The Morgan fingerprint density at radius 1 is 1.29 bits per heavy atom. The highest BCUT2D eigenvalue weighted by molar-refractivity contribution is 9.10. The van der Waals surface area contributed by atoms with E-state index in [9.17, 15) is 0 Å². The summed E-state index contributed by atoms with van der Waals surface area (Å²) in [4.78, 5) is 2.43. The first kappa shape index (κ1) is 14.5. The van der Waals surface area contributed by atoms with E-state index in [-0.39, 0.29) is 0 Å². The zero-order chi connectivity index (χ0) is 12.7. The molecule has 0 heterocycles. The van der Waals surface area contributed by atoms with Crippen LogP contribution in [-0.2, 0) is 6.54 Å². The molecule has 0 saturated heterocycles. The van der Waals surface area contributed by atoms with E-state index in [1.54, 1.807) is 0 Å². The molecule has 1 aromatic carbocycles. The summed E-state index contributed by atoms with van der Waals surface area (Å²) < 4.78 is 1.19. The molecule has 0 aliphatic rings. The number of anilines is 1. The lowest BCUT2D eigenvalue weighted by atomic mass is 10.2. The highest BCUT2D eigenvalue weighted by atomic mass is 79.9. The molecule has 3 heteroatoms. The van der Waals surface area contributed by atoms with E-state index in [0.29, 0.717) is 0 Å². The highest BCUT2D eigenvalue weighted by Gasteiger charge is 2.06. The Hall–Kier alpha value is -0.540. The van der Waals surface area contributed by atoms with E-state index >= 15 is 0 Å². The molecule has 0 aliphatic carbocycles. The maximum Gasteiger partial charge on any atom is 0.0377 e. The van der Waals surface area contributed by atoms with Gasteiger partial charge in [0.25, 0.3) is 0 Å². The minimum atomic E-state index is 0.905. The van der Waals surface area contributed by atoms with Crippen molar-refractivity contribution < 1.29 is 0 Å². The Morgan fingerprint density at radius 2 is 2.06 bits per heavy atom. The van der Waals surface area contributed by atoms with E-state index in [4.69, 9.17) is 0 Å². The van der Waals surface area contributed by atoms with Gasteiger partial charge in [0.05, 0.1) is 0 Å². The molecule has 1 N–H and O–H groups in total. The average molecular weight is 299 g/mol. The van der Waals surface area contributed by atoms with Crippen molar-refractivity contribution in [2.45, 2.75) is 33.2 Å². The van der Waals surface area contributed by atoms with E-state index in [1.165, 1.54) is 28.6 Å². The van der Waals surface area contributed by atoms with Gasteiger partial charge in [-0.05, 0) is 38.1 Å². The fourth-order valence-electron chi connectivity index (χ4n) is 1.89. The lowest BCUT2D eigenvalue weighted by Gasteiger charge is -2.23. The van der Waals surface area contributed by atoms with Crippen molar-refractivity contribution in [3.8, 4) is 0 Å². The van der Waals surface area contributed by atoms with Gasteiger partial charge in [0.2, 0.25) is 0 Å². The van der Waals surface area contributed by atoms with Gasteiger partial charge in [0, 0.05) is 29.8 Å². The third kappa shape index (κ3) is 4.32. The van der Waals surface area contributed by atoms with Crippen LogP contribution in [-0.4, -0.2) is 20.1 Å². The van der Waals surface area contributed by atoms with Crippen LogP contribution in [0.15, 0.2) is 22.7 Å². The van der Waals surface area contributed by atoms with Crippen LogP contribution in [0.3, 0.4) is 0 Å². The third-order valence-electron chi connectivity index (χ3n) is 2.93. The zero-order valence-corrected chi connectivity index (χ0v) is 12.7. The van der Waals surface area contributed by atoms with Crippen LogP contribution in [0.1, 0.15) is 32.3 Å². The molecule has 0 radical (unpaired) electrons. The number of benzene rings is 1. The summed E-state index contributed by atoms with van der Waals surface area (Å²) in [5.74, 6) is 0. The van der Waals surface area contributed by atoms with Gasteiger partial charge in [-0.25, -0.2) is 0 Å². The Bertz CT molecular complexity index is 339. The summed E-state index contributed by atoms with van der Waals surface area (Å²) >= 11 is 3.65. The number of hydrogen-bond acceptors (Lipinski definition) is 2. The predicted octanol–water partition coefficient (Wildman–Crippen LogP) is 3.79. The molecule has 96 valence electrons. The molecule has 0 saturated carbocycles. The Labute approximate surface area is 114 Å². The molecule has 0 aliphatic heterocycles. The summed E-state index contributed by atoms with van der Waals surface area (Å²) in [5, 5.41) is 3.18. The number of nitrogens with zero attached hydrogens (tertiary/aromatic N) is 1. The second kappa shape index (κ2) is 7.72. The molecule has 0 fully saturated rings. The van der Waals surface area contributed by atoms with Gasteiger partial charge in [-0.2, -0.15) is 0 Å². The van der Waals surface area contributed by atoms with Gasteiger partial charge in [0.15, 0.2) is 0 Å². The molecule has 0 aromatic heterocycles. The van der Waals surface area contributed by atoms with Crippen LogP contribution in [0.2, 0.25) is 0 Å². The maximum absolute atomic E-state index is 3.65. The summed E-state index contributed by atoms with van der Waals surface area (Å²) in [6.45, 7) is 7.56. The molecule has 17 heavy (non-hydrogen) atoms. The van der Waals surface area contributed by atoms with Crippen LogP contribution in [0.4, 0.5) is 5.69 Å².